The van der Waals surface area contributed by atoms with Gasteiger partial charge in [0.25, 0.3) is 11.8 Å². The molecule has 73 heavy (non-hydrogen) atoms. The molecule has 1 atom stereocenters. The molecule has 1 heterocycles. The maximum atomic E-state index is 13.0. The van der Waals surface area contributed by atoms with E-state index in [0.29, 0.717) is 105 Å². The Balaban J connectivity index is 2.06. The maximum absolute atomic E-state index is 13.0. The number of rotatable bonds is 46. The lowest BCUT2D eigenvalue weighted by molar-refractivity contribution is -0.155. The highest BCUT2D eigenvalue weighted by Gasteiger charge is 2.25. The van der Waals surface area contributed by atoms with E-state index in [4.69, 9.17) is 47.7 Å². The smallest absolute Gasteiger partial charge is 0.306 e. The van der Waals surface area contributed by atoms with Crippen LogP contribution in [-0.2, 0) is 90.6 Å². The first-order chi connectivity index (χ1) is 35.0. The summed E-state index contributed by atoms with van der Waals surface area (Å²) in [6.07, 6.45) is 3.40. The van der Waals surface area contributed by atoms with E-state index in [-0.39, 0.29) is 65.1 Å². The minimum Gasteiger partial charge on any atom is -0.481 e. The molecular weight excluding hydrogens is 971 g/mol. The number of ether oxygens (including phenoxy) is 9. The van der Waals surface area contributed by atoms with Crippen molar-refractivity contribution in [2.75, 3.05) is 145 Å². The Labute approximate surface area is 425 Å². The molecule has 27 nitrogen and oxygen atoms in total. The first-order valence-electron chi connectivity index (χ1n) is 24.2. The Kier molecular flexibility index (Phi) is 37.4. The largest absolute Gasteiger partial charge is 0.481 e. The molecule has 0 fully saturated rings. The Morgan fingerprint density at radius 3 is 1.32 bits per heavy atom. The lowest BCUT2D eigenvalue weighted by atomic mass is 10.1. The normalized spacial score (nSPS) is 12.6. The zero-order valence-corrected chi connectivity index (χ0v) is 42.4. The van der Waals surface area contributed by atoms with E-state index in [1.165, 1.54) is 12.2 Å². The highest BCUT2D eigenvalue weighted by molar-refractivity contribution is 6.12. The van der Waals surface area contributed by atoms with E-state index in [1.54, 1.807) is 20.8 Å². The van der Waals surface area contributed by atoms with Crippen LogP contribution >= 0.6 is 0 Å². The molecule has 0 aromatic rings. The number of carboxylic acid groups (broad SMARTS) is 1. The summed E-state index contributed by atoms with van der Waals surface area (Å²) in [7, 11) is 0. The van der Waals surface area contributed by atoms with Crippen molar-refractivity contribution in [2.24, 2.45) is 0 Å². The van der Waals surface area contributed by atoms with Crippen molar-refractivity contribution in [3.63, 3.8) is 0 Å². The van der Waals surface area contributed by atoms with Gasteiger partial charge in [-0.25, -0.2) is 0 Å². The predicted octanol–water partition coefficient (Wildman–Crippen LogP) is -2.73. The number of esters is 1. The summed E-state index contributed by atoms with van der Waals surface area (Å²) >= 11 is 0. The number of unbranched alkanes of at least 4 members (excludes halogenated alkanes) is 2. The Morgan fingerprint density at radius 2 is 0.890 bits per heavy atom. The second kappa shape index (κ2) is 41.8. The molecule has 1 rings (SSSR count). The molecule has 0 aromatic heterocycles. The van der Waals surface area contributed by atoms with Gasteiger partial charge in [0.15, 0.2) is 0 Å². The minimum absolute atomic E-state index is 0.0153. The highest BCUT2D eigenvalue weighted by atomic mass is 16.6. The third kappa shape index (κ3) is 39.5. The van der Waals surface area contributed by atoms with Crippen LogP contribution in [0.5, 0.6) is 0 Å². The Morgan fingerprint density at radius 1 is 0.493 bits per heavy atom. The van der Waals surface area contributed by atoms with Crippen molar-refractivity contribution in [1.29, 1.82) is 0 Å². The van der Waals surface area contributed by atoms with Gasteiger partial charge in [-0.3, -0.25) is 52.8 Å². The van der Waals surface area contributed by atoms with Gasteiger partial charge in [0.05, 0.1) is 138 Å². The van der Waals surface area contributed by atoms with E-state index in [9.17, 15) is 47.9 Å². The topological polar surface area (TPSA) is 349 Å². The summed E-state index contributed by atoms with van der Waals surface area (Å²) in [5.74, 6) is -6.19. The van der Waals surface area contributed by atoms with E-state index in [2.05, 4.69) is 31.9 Å². The number of nitrogens with one attached hydrogen (secondary N) is 6. The van der Waals surface area contributed by atoms with Crippen LogP contribution in [-0.4, -0.2) is 226 Å². The van der Waals surface area contributed by atoms with Gasteiger partial charge in [-0.1, -0.05) is 6.42 Å². The number of imide groups is 1. The number of carbonyl (C=O) groups excluding carboxylic acids is 9. The minimum atomic E-state index is -1.20. The molecule has 27 heteroatoms. The van der Waals surface area contributed by atoms with Crippen molar-refractivity contribution >= 4 is 59.2 Å². The van der Waals surface area contributed by atoms with E-state index in [1.807, 2.05) is 0 Å². The standard InChI is InChI=1S/C46H77N7O20/c1-46(2,3)73-44(63)11-8-35(52-36(54)7-5-4-6-14-53-41(59)9-10-42(53)60)45(64)51-34-40(58)50-33-39(57)49-32-38(56)48-31-37(55)47-13-16-66-18-20-68-22-24-70-26-28-72-30-29-71-27-25-69-23-21-67-19-17-65-15-12-43(61)62/h9-10,35H,4-8,11-34H2,1-3H3,(H,47,55)(H,48,56)(H,49,57)(H,50,58)(H,51,64)(H,52,54)(H,61,62)/t35-/m0/s1. The molecule has 416 valence electrons. The molecule has 0 aromatic carbocycles. The van der Waals surface area contributed by atoms with Crippen LogP contribution in [0.1, 0.15) is 65.7 Å². The quantitative estimate of drug-likeness (QED) is 0.0185. The molecule has 0 bridgehead atoms. The molecule has 8 amide bonds. The molecule has 0 radical (unpaired) electrons. The van der Waals surface area contributed by atoms with Gasteiger partial charge >= 0.3 is 11.9 Å². The third-order valence-corrected chi connectivity index (χ3v) is 9.29. The molecule has 0 saturated carbocycles. The number of hydrogen-bond donors (Lipinski definition) is 7. The number of amides is 8. The third-order valence-electron chi connectivity index (χ3n) is 9.29. The van der Waals surface area contributed by atoms with Gasteiger partial charge in [-0.15, -0.1) is 0 Å². The van der Waals surface area contributed by atoms with Gasteiger partial charge in [0.1, 0.15) is 11.6 Å². The fourth-order valence-corrected chi connectivity index (χ4v) is 5.71. The van der Waals surface area contributed by atoms with Crippen LogP contribution in [0.15, 0.2) is 12.2 Å². The Hall–Kier alpha value is -5.68. The first kappa shape index (κ1) is 65.3. The van der Waals surface area contributed by atoms with E-state index >= 15 is 0 Å². The molecule has 0 spiro atoms. The summed E-state index contributed by atoms with van der Waals surface area (Å²) < 4.78 is 48.2. The number of nitrogens with zero attached hydrogens (tertiary/aromatic N) is 1. The van der Waals surface area contributed by atoms with Crippen LogP contribution in [0.2, 0.25) is 0 Å². The van der Waals surface area contributed by atoms with Crippen LogP contribution in [0.3, 0.4) is 0 Å². The number of carbonyl (C=O) groups is 10. The van der Waals surface area contributed by atoms with Gasteiger partial charge in [-0.05, 0) is 40.0 Å². The molecule has 0 saturated heterocycles. The van der Waals surface area contributed by atoms with Crippen molar-refractivity contribution < 1.29 is 95.7 Å². The second-order valence-corrected chi connectivity index (χ2v) is 16.7. The summed E-state index contributed by atoms with van der Waals surface area (Å²) in [5, 5.41) is 23.0. The summed E-state index contributed by atoms with van der Waals surface area (Å²) in [6, 6.07) is -1.20. The van der Waals surface area contributed by atoms with Crippen LogP contribution in [0, 0.1) is 0 Å². The van der Waals surface area contributed by atoms with E-state index in [0.717, 1.165) is 4.90 Å². The van der Waals surface area contributed by atoms with Crippen LogP contribution in [0.4, 0.5) is 0 Å². The van der Waals surface area contributed by atoms with Gasteiger partial charge in [0.2, 0.25) is 35.4 Å². The lowest BCUT2D eigenvalue weighted by Crippen LogP contribution is -2.50. The average molecular weight is 1050 g/mol. The summed E-state index contributed by atoms with van der Waals surface area (Å²) in [6.45, 7) is 9.11. The van der Waals surface area contributed by atoms with Crippen molar-refractivity contribution in [1.82, 2.24) is 36.8 Å². The lowest BCUT2D eigenvalue weighted by Gasteiger charge is -2.21. The molecule has 1 aliphatic rings. The molecule has 0 unspecified atom stereocenters. The molecule has 0 aliphatic carbocycles. The SMILES string of the molecule is CC(C)(C)OC(=O)CC[C@H](NC(=O)CCCCCN1C(=O)C=CC1=O)C(=O)NCC(=O)NCC(=O)NCC(=O)NCC(=O)NCCOCCOCCOCCOCCOCCOCCOCCOCCC(=O)O. The van der Waals surface area contributed by atoms with Crippen LogP contribution in [0.25, 0.3) is 0 Å². The first-order valence-corrected chi connectivity index (χ1v) is 24.2. The van der Waals surface area contributed by atoms with Crippen molar-refractivity contribution in [2.45, 2.75) is 77.4 Å². The fraction of sp³-hybridized carbons (Fsp3) is 0.739. The number of carboxylic acids is 1. The maximum Gasteiger partial charge on any atom is 0.306 e. The van der Waals surface area contributed by atoms with Crippen LogP contribution < -0.4 is 31.9 Å². The zero-order chi connectivity index (χ0) is 54.0. The van der Waals surface area contributed by atoms with Gasteiger partial charge in [-0.2, -0.15) is 0 Å². The number of hydrogen-bond acceptors (Lipinski definition) is 19. The molecule has 7 N–H and O–H groups in total. The van der Waals surface area contributed by atoms with E-state index < -0.39 is 90.5 Å². The zero-order valence-electron chi connectivity index (χ0n) is 42.4. The monoisotopic (exact) mass is 1050 g/mol. The van der Waals surface area contributed by atoms with Crippen molar-refractivity contribution in [3.8, 4) is 0 Å². The summed E-state index contributed by atoms with van der Waals surface area (Å²) in [5.41, 5.74) is -0.778. The van der Waals surface area contributed by atoms with Crippen molar-refractivity contribution in [3.05, 3.63) is 12.2 Å². The van der Waals surface area contributed by atoms with Gasteiger partial charge < -0.3 is 79.6 Å². The van der Waals surface area contributed by atoms with Gasteiger partial charge in [0, 0.05) is 38.1 Å². The summed E-state index contributed by atoms with van der Waals surface area (Å²) in [4.78, 5) is 122. The Bertz CT molecular complexity index is 1690. The average Bonchev–Trinajstić information content (AvgIpc) is 3.66. The predicted molar refractivity (Wildman–Crippen MR) is 255 cm³/mol. The molecular formula is C46H77N7O20. The second-order valence-electron chi connectivity index (χ2n) is 16.7. The fourth-order valence-electron chi connectivity index (χ4n) is 5.71. The molecule has 1 aliphatic heterocycles. The number of aliphatic carboxylic acids is 1. The highest BCUT2D eigenvalue weighted by Crippen LogP contribution is 2.11.